The normalized spacial score (nSPS) is 41.1. The zero-order valence-corrected chi connectivity index (χ0v) is 8.87. The minimum Gasteiger partial charge on any atom is -0.327 e. The largest absolute Gasteiger partial charge is 0.327 e. The zero-order chi connectivity index (χ0) is 9.42. The minimum absolute atomic E-state index is 0.503. The van der Waals surface area contributed by atoms with Crippen LogP contribution in [0.5, 0.6) is 0 Å². The topological polar surface area (TPSA) is 29.3 Å². The molecule has 1 saturated heterocycles. The van der Waals surface area contributed by atoms with Crippen molar-refractivity contribution in [1.29, 1.82) is 0 Å². The lowest BCUT2D eigenvalue weighted by Gasteiger charge is -2.47. The van der Waals surface area contributed by atoms with E-state index in [-0.39, 0.29) is 0 Å². The molecule has 2 atom stereocenters. The monoisotopic (exact) mass is 182 g/mol. The molecular weight excluding hydrogens is 160 g/mol. The minimum atomic E-state index is 0.503. The molecule has 1 aliphatic heterocycles. The van der Waals surface area contributed by atoms with Gasteiger partial charge in [-0.25, -0.2) is 0 Å². The zero-order valence-electron chi connectivity index (χ0n) is 8.87. The van der Waals surface area contributed by atoms with E-state index < -0.39 is 0 Å². The SMILES string of the molecule is CC(C)N1C[C@H]2CCC[C@H](C1)C2N. The first kappa shape index (κ1) is 9.47. The highest BCUT2D eigenvalue weighted by molar-refractivity contribution is 4.93. The number of piperidine rings is 1. The molecule has 0 aromatic rings. The van der Waals surface area contributed by atoms with Gasteiger partial charge in [0.15, 0.2) is 0 Å². The van der Waals surface area contributed by atoms with Gasteiger partial charge in [0.1, 0.15) is 0 Å². The summed E-state index contributed by atoms with van der Waals surface area (Å²) in [6.45, 7) is 7.09. The Morgan fingerprint density at radius 3 is 2.15 bits per heavy atom. The number of hydrogen-bond donors (Lipinski definition) is 1. The summed E-state index contributed by atoms with van der Waals surface area (Å²) in [4.78, 5) is 2.61. The van der Waals surface area contributed by atoms with E-state index in [0.717, 1.165) is 11.8 Å². The maximum atomic E-state index is 6.22. The Hall–Kier alpha value is -0.0800. The number of fused-ring (bicyclic) bond motifs is 2. The predicted molar refractivity (Wildman–Crippen MR) is 55.5 cm³/mol. The average molecular weight is 182 g/mol. The van der Waals surface area contributed by atoms with Crippen LogP contribution >= 0.6 is 0 Å². The van der Waals surface area contributed by atoms with Crippen molar-refractivity contribution < 1.29 is 0 Å². The highest BCUT2D eigenvalue weighted by Crippen LogP contribution is 2.34. The molecule has 76 valence electrons. The fraction of sp³-hybridized carbons (Fsp3) is 1.00. The van der Waals surface area contributed by atoms with Crippen molar-refractivity contribution in [2.45, 2.75) is 45.2 Å². The van der Waals surface area contributed by atoms with Crippen LogP contribution in [0.3, 0.4) is 0 Å². The maximum absolute atomic E-state index is 6.22. The first-order valence-corrected chi connectivity index (χ1v) is 5.68. The molecule has 0 radical (unpaired) electrons. The van der Waals surface area contributed by atoms with Crippen LogP contribution < -0.4 is 5.73 Å². The van der Waals surface area contributed by atoms with Crippen LogP contribution in [0.1, 0.15) is 33.1 Å². The third-order valence-electron chi connectivity index (χ3n) is 3.91. The molecule has 2 N–H and O–H groups in total. The summed E-state index contributed by atoms with van der Waals surface area (Å²) in [5, 5.41) is 0. The molecule has 0 amide bonds. The molecule has 0 aromatic carbocycles. The number of likely N-dealkylation sites (tertiary alicyclic amines) is 1. The van der Waals surface area contributed by atoms with Crippen LogP contribution in [0.2, 0.25) is 0 Å². The Balaban J connectivity index is 2.03. The molecule has 0 aromatic heterocycles. The van der Waals surface area contributed by atoms with Crippen LogP contribution in [-0.2, 0) is 0 Å². The van der Waals surface area contributed by atoms with Crippen LogP contribution in [-0.4, -0.2) is 30.1 Å². The summed E-state index contributed by atoms with van der Waals surface area (Å²) in [6.07, 6.45) is 4.14. The van der Waals surface area contributed by atoms with Crippen LogP contribution in [0.15, 0.2) is 0 Å². The predicted octanol–water partition coefficient (Wildman–Crippen LogP) is 1.45. The van der Waals surface area contributed by atoms with Gasteiger partial charge in [0.2, 0.25) is 0 Å². The lowest BCUT2D eigenvalue weighted by molar-refractivity contribution is 0.0446. The smallest absolute Gasteiger partial charge is 0.0120 e. The number of hydrogen-bond acceptors (Lipinski definition) is 2. The van der Waals surface area contributed by atoms with E-state index in [2.05, 4.69) is 18.7 Å². The molecule has 2 fully saturated rings. The van der Waals surface area contributed by atoms with Crippen molar-refractivity contribution in [3.05, 3.63) is 0 Å². The molecule has 1 heterocycles. The third kappa shape index (κ3) is 1.75. The van der Waals surface area contributed by atoms with Crippen LogP contribution in [0.4, 0.5) is 0 Å². The van der Waals surface area contributed by atoms with Crippen molar-refractivity contribution in [3.63, 3.8) is 0 Å². The molecule has 2 aliphatic rings. The first-order chi connectivity index (χ1) is 6.18. The Morgan fingerprint density at radius 1 is 1.15 bits per heavy atom. The molecule has 2 nitrogen and oxygen atoms in total. The highest BCUT2D eigenvalue weighted by Gasteiger charge is 2.37. The highest BCUT2D eigenvalue weighted by atomic mass is 15.2. The second kappa shape index (κ2) is 3.58. The molecule has 2 rings (SSSR count). The van der Waals surface area contributed by atoms with Crippen molar-refractivity contribution >= 4 is 0 Å². The lowest BCUT2D eigenvalue weighted by atomic mass is 9.74. The van der Waals surface area contributed by atoms with Gasteiger partial charge in [-0.2, -0.15) is 0 Å². The van der Waals surface area contributed by atoms with Gasteiger partial charge >= 0.3 is 0 Å². The molecule has 0 spiro atoms. The average Bonchev–Trinajstić information content (AvgIpc) is 2.02. The Labute approximate surface area is 81.5 Å². The summed E-state index contributed by atoms with van der Waals surface area (Å²) in [6, 6.07) is 1.21. The van der Waals surface area contributed by atoms with E-state index in [1.807, 2.05) is 0 Å². The quantitative estimate of drug-likeness (QED) is 0.665. The van der Waals surface area contributed by atoms with E-state index in [9.17, 15) is 0 Å². The summed E-state index contributed by atoms with van der Waals surface area (Å²) < 4.78 is 0. The van der Waals surface area contributed by atoms with E-state index >= 15 is 0 Å². The second-order valence-corrected chi connectivity index (χ2v) is 5.08. The maximum Gasteiger partial charge on any atom is 0.0120 e. The summed E-state index contributed by atoms with van der Waals surface area (Å²) in [5.74, 6) is 1.57. The van der Waals surface area contributed by atoms with E-state index in [1.54, 1.807) is 0 Å². The molecule has 2 heteroatoms. The van der Waals surface area contributed by atoms with Gasteiger partial charge in [0, 0.05) is 25.2 Å². The summed E-state index contributed by atoms with van der Waals surface area (Å²) in [7, 11) is 0. The van der Waals surface area contributed by atoms with Gasteiger partial charge in [-0.15, -0.1) is 0 Å². The summed E-state index contributed by atoms with van der Waals surface area (Å²) in [5.41, 5.74) is 6.22. The molecule has 1 saturated carbocycles. The fourth-order valence-corrected chi connectivity index (χ4v) is 2.94. The van der Waals surface area contributed by atoms with Gasteiger partial charge in [0.05, 0.1) is 0 Å². The van der Waals surface area contributed by atoms with Gasteiger partial charge in [-0.1, -0.05) is 6.42 Å². The van der Waals surface area contributed by atoms with Crippen molar-refractivity contribution in [3.8, 4) is 0 Å². The van der Waals surface area contributed by atoms with Crippen molar-refractivity contribution in [1.82, 2.24) is 4.90 Å². The second-order valence-electron chi connectivity index (χ2n) is 5.08. The van der Waals surface area contributed by atoms with Crippen LogP contribution in [0.25, 0.3) is 0 Å². The molecule has 0 unspecified atom stereocenters. The van der Waals surface area contributed by atoms with E-state index in [1.165, 1.54) is 32.4 Å². The van der Waals surface area contributed by atoms with Gasteiger partial charge < -0.3 is 10.6 Å². The van der Waals surface area contributed by atoms with Gasteiger partial charge in [0.25, 0.3) is 0 Å². The number of nitrogens with two attached hydrogens (primary N) is 1. The number of rotatable bonds is 1. The summed E-state index contributed by atoms with van der Waals surface area (Å²) >= 11 is 0. The van der Waals surface area contributed by atoms with Crippen molar-refractivity contribution in [2.75, 3.05) is 13.1 Å². The molecular formula is C11H22N2. The van der Waals surface area contributed by atoms with E-state index in [0.29, 0.717) is 12.1 Å². The van der Waals surface area contributed by atoms with Crippen molar-refractivity contribution in [2.24, 2.45) is 17.6 Å². The fourth-order valence-electron chi connectivity index (χ4n) is 2.94. The Bertz CT molecular complexity index is 165. The molecule has 13 heavy (non-hydrogen) atoms. The lowest BCUT2D eigenvalue weighted by Crippen LogP contribution is -2.56. The molecule has 1 aliphatic carbocycles. The molecule has 2 bridgehead atoms. The number of nitrogens with zero attached hydrogens (tertiary/aromatic N) is 1. The third-order valence-corrected chi connectivity index (χ3v) is 3.91. The standard InChI is InChI=1S/C11H22N2/c1-8(2)13-6-9-4-3-5-10(7-13)11(9)12/h8-11H,3-7,12H2,1-2H3/t9-,10-/m1/s1. The van der Waals surface area contributed by atoms with Gasteiger partial charge in [-0.3, -0.25) is 0 Å². The van der Waals surface area contributed by atoms with Gasteiger partial charge in [-0.05, 0) is 38.5 Å². The first-order valence-electron chi connectivity index (χ1n) is 5.68. The Morgan fingerprint density at radius 2 is 1.69 bits per heavy atom. The van der Waals surface area contributed by atoms with E-state index in [4.69, 9.17) is 5.73 Å². The Kier molecular flexibility index (Phi) is 2.61. The van der Waals surface area contributed by atoms with Crippen LogP contribution in [0, 0.1) is 11.8 Å².